The number of hydrogen-bond acceptors (Lipinski definition) is 4. The molecular formula is C25H16Cl2N2O2S. The highest BCUT2D eigenvalue weighted by atomic mass is 35.5. The molecule has 0 N–H and O–H groups in total. The van der Waals surface area contributed by atoms with Gasteiger partial charge in [0.2, 0.25) is 0 Å². The summed E-state index contributed by atoms with van der Waals surface area (Å²) >= 11 is 14.3. The normalized spacial score (nSPS) is 15.0. The second-order valence-electron chi connectivity index (χ2n) is 7.10. The molecule has 5 rings (SSSR count). The molecule has 0 spiro atoms. The fourth-order valence-corrected chi connectivity index (χ4v) is 5.14. The number of amidine groups is 1. The molecule has 0 atom stereocenters. The number of methoxy groups -OCH3 is 1. The Morgan fingerprint density at radius 1 is 0.969 bits per heavy atom. The van der Waals surface area contributed by atoms with Gasteiger partial charge in [0.15, 0.2) is 5.84 Å². The number of benzene rings is 3. The van der Waals surface area contributed by atoms with Crippen LogP contribution in [0.3, 0.4) is 0 Å². The van der Waals surface area contributed by atoms with Crippen molar-refractivity contribution in [1.29, 1.82) is 0 Å². The summed E-state index contributed by atoms with van der Waals surface area (Å²) in [5.74, 6) is 1.02. The molecule has 1 aliphatic heterocycles. The summed E-state index contributed by atoms with van der Waals surface area (Å²) < 4.78 is 6.25. The lowest BCUT2D eigenvalue weighted by Crippen LogP contribution is -2.32. The molecule has 32 heavy (non-hydrogen) atoms. The van der Waals surface area contributed by atoms with Crippen LogP contribution in [0.15, 0.2) is 83.5 Å². The quantitative estimate of drug-likeness (QED) is 0.294. The Balaban J connectivity index is 1.65. The smallest absolute Gasteiger partial charge is 0.282 e. The minimum atomic E-state index is -0.230. The minimum absolute atomic E-state index is 0.230. The molecule has 0 saturated heterocycles. The van der Waals surface area contributed by atoms with E-state index in [4.69, 9.17) is 32.9 Å². The van der Waals surface area contributed by atoms with E-state index in [1.165, 1.54) is 11.3 Å². The number of thiophene rings is 1. The van der Waals surface area contributed by atoms with Crippen molar-refractivity contribution >= 4 is 68.1 Å². The van der Waals surface area contributed by atoms with Crippen molar-refractivity contribution in [3.05, 3.63) is 99.0 Å². The summed E-state index contributed by atoms with van der Waals surface area (Å²) in [6, 6.07) is 22.4. The number of carbonyl (C=O) groups excluding carboxylic acids is 1. The Morgan fingerprint density at radius 2 is 1.69 bits per heavy atom. The molecule has 1 aromatic heterocycles. The third-order valence-electron chi connectivity index (χ3n) is 5.10. The van der Waals surface area contributed by atoms with Gasteiger partial charge in [-0.15, -0.1) is 11.3 Å². The van der Waals surface area contributed by atoms with E-state index in [2.05, 4.69) is 0 Å². The monoisotopic (exact) mass is 478 g/mol. The number of fused-ring (bicyclic) bond motifs is 1. The Bertz CT molecular complexity index is 1390. The van der Waals surface area contributed by atoms with Crippen molar-refractivity contribution in [2.45, 2.75) is 0 Å². The number of rotatable bonds is 4. The SMILES string of the molecule is COc1ccc(/C=C2/N=C(c3sc4ccccc4c3Cl)N(c3ccc(Cl)cc3)C2=O)cc1. The first-order chi connectivity index (χ1) is 15.5. The standard InChI is InChI=1S/C25H16Cl2N2O2S/c1-31-18-12-6-15(7-13-18)14-20-25(30)29(17-10-8-16(26)9-11-17)24(28-20)23-22(27)19-4-2-3-5-21(19)32-23/h2-14H,1H3/b20-14+. The van der Waals surface area contributed by atoms with Crippen molar-refractivity contribution in [2.24, 2.45) is 4.99 Å². The lowest BCUT2D eigenvalue weighted by atomic mass is 10.2. The first-order valence-corrected chi connectivity index (χ1v) is 11.3. The Morgan fingerprint density at radius 3 is 2.38 bits per heavy atom. The maximum absolute atomic E-state index is 13.5. The zero-order valence-electron chi connectivity index (χ0n) is 16.9. The van der Waals surface area contributed by atoms with Gasteiger partial charge in [-0.3, -0.25) is 9.69 Å². The lowest BCUT2D eigenvalue weighted by molar-refractivity contribution is -0.113. The summed E-state index contributed by atoms with van der Waals surface area (Å²) in [6.07, 6.45) is 1.76. The molecule has 0 aliphatic carbocycles. The van der Waals surface area contributed by atoms with Crippen LogP contribution in [0.4, 0.5) is 5.69 Å². The van der Waals surface area contributed by atoms with E-state index in [-0.39, 0.29) is 5.91 Å². The summed E-state index contributed by atoms with van der Waals surface area (Å²) in [5, 5.41) is 2.11. The Labute approximate surface area is 199 Å². The van der Waals surface area contributed by atoms with Crippen LogP contribution in [0, 0.1) is 0 Å². The minimum Gasteiger partial charge on any atom is -0.497 e. The molecular weight excluding hydrogens is 463 g/mol. The average molecular weight is 479 g/mol. The molecule has 0 fully saturated rings. The summed E-state index contributed by atoms with van der Waals surface area (Å²) in [5.41, 5.74) is 1.84. The highest BCUT2D eigenvalue weighted by molar-refractivity contribution is 7.21. The van der Waals surface area contributed by atoms with Crippen molar-refractivity contribution in [2.75, 3.05) is 12.0 Å². The largest absolute Gasteiger partial charge is 0.497 e. The van der Waals surface area contributed by atoms with Crippen LogP contribution in [0.2, 0.25) is 10.0 Å². The highest BCUT2D eigenvalue weighted by Gasteiger charge is 2.34. The molecule has 1 amide bonds. The predicted octanol–water partition coefficient (Wildman–Crippen LogP) is 7.05. The summed E-state index contributed by atoms with van der Waals surface area (Å²) in [7, 11) is 1.61. The number of amides is 1. The molecule has 158 valence electrons. The summed E-state index contributed by atoms with van der Waals surface area (Å²) in [4.78, 5) is 20.5. The number of hydrogen-bond donors (Lipinski definition) is 0. The van der Waals surface area contributed by atoms with E-state index >= 15 is 0 Å². The van der Waals surface area contributed by atoms with Crippen LogP contribution in [-0.2, 0) is 4.79 Å². The summed E-state index contributed by atoms with van der Waals surface area (Å²) in [6.45, 7) is 0. The number of carbonyl (C=O) groups is 1. The topological polar surface area (TPSA) is 41.9 Å². The van der Waals surface area contributed by atoms with Gasteiger partial charge < -0.3 is 4.74 Å². The van der Waals surface area contributed by atoms with Gasteiger partial charge in [-0.05, 0) is 54.1 Å². The maximum Gasteiger partial charge on any atom is 0.282 e. The van der Waals surface area contributed by atoms with Gasteiger partial charge in [0, 0.05) is 15.1 Å². The second-order valence-corrected chi connectivity index (χ2v) is 8.96. The van der Waals surface area contributed by atoms with Gasteiger partial charge in [-0.1, -0.05) is 53.5 Å². The molecule has 2 heterocycles. The molecule has 3 aromatic carbocycles. The fourth-order valence-electron chi connectivity index (χ4n) is 3.51. The lowest BCUT2D eigenvalue weighted by Gasteiger charge is -2.18. The number of anilines is 1. The van der Waals surface area contributed by atoms with Gasteiger partial charge >= 0.3 is 0 Å². The molecule has 0 bridgehead atoms. The van der Waals surface area contributed by atoms with E-state index in [0.717, 1.165) is 26.3 Å². The van der Waals surface area contributed by atoms with Crippen LogP contribution in [0.1, 0.15) is 10.4 Å². The first kappa shape index (κ1) is 20.8. The zero-order chi connectivity index (χ0) is 22.2. The molecule has 4 aromatic rings. The molecule has 0 saturated carbocycles. The van der Waals surface area contributed by atoms with Gasteiger partial charge in [0.1, 0.15) is 11.4 Å². The van der Waals surface area contributed by atoms with E-state index in [1.54, 1.807) is 42.4 Å². The molecule has 0 radical (unpaired) electrons. The van der Waals surface area contributed by atoms with E-state index in [9.17, 15) is 4.79 Å². The van der Waals surface area contributed by atoms with Gasteiger partial charge in [0.25, 0.3) is 5.91 Å². The van der Waals surface area contributed by atoms with Gasteiger partial charge in [-0.2, -0.15) is 0 Å². The van der Waals surface area contributed by atoms with Gasteiger partial charge in [0.05, 0.1) is 22.7 Å². The number of aliphatic imine (C=N–C) groups is 1. The second kappa shape index (κ2) is 8.43. The van der Waals surface area contributed by atoms with Gasteiger partial charge in [-0.25, -0.2) is 4.99 Å². The highest BCUT2D eigenvalue weighted by Crippen LogP contribution is 2.39. The Kier molecular flexibility index (Phi) is 5.47. The van der Waals surface area contributed by atoms with Crippen molar-refractivity contribution < 1.29 is 9.53 Å². The molecule has 4 nitrogen and oxygen atoms in total. The van der Waals surface area contributed by atoms with Crippen LogP contribution in [0.5, 0.6) is 5.75 Å². The predicted molar refractivity (Wildman–Crippen MR) is 133 cm³/mol. The number of ether oxygens (including phenoxy) is 1. The van der Waals surface area contributed by atoms with Crippen molar-refractivity contribution in [1.82, 2.24) is 0 Å². The van der Waals surface area contributed by atoms with Crippen LogP contribution in [0.25, 0.3) is 16.2 Å². The first-order valence-electron chi connectivity index (χ1n) is 9.77. The van der Waals surface area contributed by atoms with Crippen LogP contribution < -0.4 is 9.64 Å². The molecule has 0 unspecified atom stereocenters. The van der Waals surface area contributed by atoms with E-state index in [1.807, 2.05) is 48.5 Å². The number of nitrogens with zero attached hydrogens (tertiary/aromatic N) is 2. The van der Waals surface area contributed by atoms with Crippen molar-refractivity contribution in [3.63, 3.8) is 0 Å². The fraction of sp³-hybridized carbons (Fsp3) is 0.0400. The maximum atomic E-state index is 13.5. The zero-order valence-corrected chi connectivity index (χ0v) is 19.2. The van der Waals surface area contributed by atoms with E-state index < -0.39 is 0 Å². The number of halogens is 2. The van der Waals surface area contributed by atoms with Crippen molar-refractivity contribution in [3.8, 4) is 5.75 Å². The van der Waals surface area contributed by atoms with Crippen LogP contribution in [-0.4, -0.2) is 18.9 Å². The molecule has 7 heteroatoms. The third kappa shape index (κ3) is 3.69. The average Bonchev–Trinajstić information content (AvgIpc) is 3.32. The molecule has 1 aliphatic rings. The third-order valence-corrected chi connectivity index (χ3v) is 7.03. The van der Waals surface area contributed by atoms with E-state index in [0.29, 0.717) is 27.3 Å². The van der Waals surface area contributed by atoms with Crippen LogP contribution >= 0.6 is 34.5 Å². The Hall–Kier alpha value is -3.12.